The number of aliphatic hydroxyl groups is 1. The zero-order valence-corrected chi connectivity index (χ0v) is 25.5. The lowest BCUT2D eigenvalue weighted by Gasteiger charge is -2.41. The number of amides is 1. The Morgan fingerprint density at radius 2 is 1.85 bits per heavy atom. The Kier molecular flexibility index (Phi) is 8.65. The normalized spacial score (nSPS) is 17.4. The summed E-state index contributed by atoms with van der Waals surface area (Å²) in [5.74, 6) is -3.11. The lowest BCUT2D eigenvalue weighted by atomic mass is 9.85. The van der Waals surface area contributed by atoms with Crippen molar-refractivity contribution in [2.24, 2.45) is 0 Å². The summed E-state index contributed by atoms with van der Waals surface area (Å²) in [6, 6.07) is 9.98. The van der Waals surface area contributed by atoms with Gasteiger partial charge in [0.2, 0.25) is 15.9 Å². The molecule has 11 nitrogen and oxygen atoms in total. The number of pyridine rings is 1. The number of benzene rings is 2. The van der Waals surface area contributed by atoms with E-state index in [1.165, 1.54) is 29.7 Å². The van der Waals surface area contributed by atoms with Crippen molar-refractivity contribution in [1.82, 2.24) is 19.1 Å². The van der Waals surface area contributed by atoms with Crippen LogP contribution in [0, 0.1) is 23.0 Å². The van der Waals surface area contributed by atoms with Crippen molar-refractivity contribution in [3.63, 3.8) is 0 Å². The van der Waals surface area contributed by atoms with Crippen LogP contribution in [0.15, 0.2) is 64.5 Å². The van der Waals surface area contributed by atoms with Gasteiger partial charge in [-0.3, -0.25) is 14.6 Å². The van der Waals surface area contributed by atoms with Gasteiger partial charge in [-0.1, -0.05) is 25.3 Å². The van der Waals surface area contributed by atoms with E-state index < -0.39 is 56.4 Å². The summed E-state index contributed by atoms with van der Waals surface area (Å²) in [7, 11) is -4.49. The molecule has 1 saturated heterocycles. The molecule has 1 N–H and O–H groups in total. The standard InChI is InChI=1S/C32H30F2N6O5S/c33-28-14-26(13-22(15-35)30(28)34)46(44,45)40-11-10-29(40)32(43)38(18-24-7-6-21(16-36-24)20-4-2-1-3-5-20)25-8-9-27-23(12-25)17-37-39(19-41)31(27)42/h6-9,12-14,16-17,20,29,41H,1-5,10-11,18-19H2/t29-/m1/s1. The molecule has 2 aromatic carbocycles. The quantitative estimate of drug-likeness (QED) is 0.302. The van der Waals surface area contributed by atoms with Crippen LogP contribution in [-0.4, -0.2) is 51.1 Å². The van der Waals surface area contributed by atoms with Gasteiger partial charge in [0.15, 0.2) is 11.6 Å². The molecule has 1 aliphatic carbocycles. The molecule has 0 bridgehead atoms. The number of aliphatic hydroxyl groups excluding tert-OH is 1. The first kappa shape index (κ1) is 31.4. The molecule has 4 aromatic rings. The van der Waals surface area contributed by atoms with Gasteiger partial charge in [0.25, 0.3) is 5.56 Å². The largest absolute Gasteiger partial charge is 0.374 e. The molecule has 2 aromatic heterocycles. The second kappa shape index (κ2) is 12.7. The average molecular weight is 649 g/mol. The fourth-order valence-corrected chi connectivity index (χ4v) is 7.78. The maximum Gasteiger partial charge on any atom is 0.276 e. The lowest BCUT2D eigenvalue weighted by molar-refractivity contribution is -0.125. The van der Waals surface area contributed by atoms with Crippen LogP contribution >= 0.6 is 0 Å². The van der Waals surface area contributed by atoms with Crippen LogP contribution in [0.4, 0.5) is 14.5 Å². The average Bonchev–Trinajstić information content (AvgIpc) is 3.04. The minimum Gasteiger partial charge on any atom is -0.374 e. The van der Waals surface area contributed by atoms with Gasteiger partial charge < -0.3 is 10.0 Å². The Bertz CT molecular complexity index is 2020. The van der Waals surface area contributed by atoms with Crippen LogP contribution in [0.3, 0.4) is 0 Å². The summed E-state index contributed by atoms with van der Waals surface area (Å²) < 4.78 is 57.0. The molecule has 1 atom stereocenters. The van der Waals surface area contributed by atoms with Crippen molar-refractivity contribution >= 4 is 32.4 Å². The Morgan fingerprint density at radius 3 is 2.50 bits per heavy atom. The Morgan fingerprint density at radius 1 is 1.07 bits per heavy atom. The van der Waals surface area contributed by atoms with E-state index in [-0.39, 0.29) is 24.9 Å². The highest BCUT2D eigenvalue weighted by Gasteiger charge is 2.45. The van der Waals surface area contributed by atoms with Crippen LogP contribution in [0.25, 0.3) is 10.8 Å². The molecular formula is C32H30F2N6O5S. The van der Waals surface area contributed by atoms with Gasteiger partial charge in [0.05, 0.1) is 34.3 Å². The summed E-state index contributed by atoms with van der Waals surface area (Å²) in [6.07, 6.45) is 9.09. The number of rotatable bonds is 8. The molecule has 14 heteroatoms. The van der Waals surface area contributed by atoms with Gasteiger partial charge in [-0.15, -0.1) is 0 Å². The van der Waals surface area contributed by atoms with E-state index >= 15 is 0 Å². The van der Waals surface area contributed by atoms with E-state index in [9.17, 15) is 31.9 Å². The monoisotopic (exact) mass is 648 g/mol. The molecule has 6 rings (SSSR count). The minimum atomic E-state index is -4.49. The molecule has 2 aliphatic rings. The molecular weight excluding hydrogens is 618 g/mol. The lowest BCUT2D eigenvalue weighted by Crippen LogP contribution is -2.59. The molecule has 1 amide bonds. The van der Waals surface area contributed by atoms with Crippen molar-refractivity contribution in [2.75, 3.05) is 11.4 Å². The van der Waals surface area contributed by atoms with Crippen molar-refractivity contribution in [2.45, 2.75) is 68.7 Å². The van der Waals surface area contributed by atoms with Crippen LogP contribution in [0.5, 0.6) is 0 Å². The first-order valence-electron chi connectivity index (χ1n) is 14.9. The van der Waals surface area contributed by atoms with E-state index in [0.717, 1.165) is 46.3 Å². The summed E-state index contributed by atoms with van der Waals surface area (Å²) in [5, 5.41) is 23.2. The molecule has 0 unspecified atom stereocenters. The summed E-state index contributed by atoms with van der Waals surface area (Å²) >= 11 is 0. The smallest absolute Gasteiger partial charge is 0.276 e. The molecule has 46 heavy (non-hydrogen) atoms. The fourth-order valence-electron chi connectivity index (χ4n) is 6.12. The number of fused-ring (bicyclic) bond motifs is 1. The molecule has 1 saturated carbocycles. The third-order valence-corrected chi connectivity index (χ3v) is 10.7. The van der Waals surface area contributed by atoms with Crippen LogP contribution < -0.4 is 10.5 Å². The number of nitrogens with zero attached hydrogens (tertiary/aromatic N) is 6. The molecule has 238 valence electrons. The first-order chi connectivity index (χ1) is 22.1. The Balaban J connectivity index is 1.35. The van der Waals surface area contributed by atoms with E-state index in [1.54, 1.807) is 12.1 Å². The van der Waals surface area contributed by atoms with E-state index in [2.05, 4.69) is 10.1 Å². The number of halogens is 2. The number of nitriles is 1. The molecule has 2 fully saturated rings. The van der Waals surface area contributed by atoms with E-state index in [4.69, 9.17) is 5.26 Å². The number of hydrogen-bond acceptors (Lipinski definition) is 8. The van der Waals surface area contributed by atoms with Gasteiger partial charge in [0.1, 0.15) is 18.8 Å². The van der Waals surface area contributed by atoms with Crippen molar-refractivity contribution in [1.29, 1.82) is 5.26 Å². The Hall–Kier alpha value is -4.58. The van der Waals surface area contributed by atoms with Gasteiger partial charge in [0, 0.05) is 23.8 Å². The number of carbonyl (C=O) groups is 1. The van der Waals surface area contributed by atoms with Gasteiger partial charge >= 0.3 is 0 Å². The topological polar surface area (TPSA) is 149 Å². The highest BCUT2D eigenvalue weighted by Crippen LogP contribution is 2.34. The van der Waals surface area contributed by atoms with Crippen molar-refractivity contribution in [3.8, 4) is 6.07 Å². The van der Waals surface area contributed by atoms with E-state index in [1.807, 2.05) is 18.3 Å². The number of anilines is 1. The third kappa shape index (κ3) is 5.77. The summed E-state index contributed by atoms with van der Waals surface area (Å²) in [6.45, 7) is -0.682. The van der Waals surface area contributed by atoms with Crippen LogP contribution in [-0.2, 0) is 28.1 Å². The number of hydrogen-bond donors (Lipinski definition) is 1. The SMILES string of the molecule is N#Cc1cc(S(=O)(=O)N2CC[C@@H]2C(=O)N(Cc2ccc(C3CCCCC3)cn2)c2ccc3c(=O)n(CO)ncc3c2)cc(F)c1F. The van der Waals surface area contributed by atoms with Crippen LogP contribution in [0.2, 0.25) is 0 Å². The predicted molar refractivity (Wildman–Crippen MR) is 163 cm³/mol. The molecule has 3 heterocycles. The van der Waals surface area contributed by atoms with E-state index in [0.29, 0.717) is 28.8 Å². The van der Waals surface area contributed by atoms with Gasteiger partial charge in [-0.25, -0.2) is 21.9 Å². The van der Waals surface area contributed by atoms with Gasteiger partial charge in [-0.2, -0.15) is 14.7 Å². The van der Waals surface area contributed by atoms with Crippen molar-refractivity contribution < 1.29 is 27.1 Å². The summed E-state index contributed by atoms with van der Waals surface area (Å²) in [4.78, 5) is 32.2. The number of aromatic nitrogens is 3. The van der Waals surface area contributed by atoms with Crippen LogP contribution in [0.1, 0.15) is 61.3 Å². The van der Waals surface area contributed by atoms with Gasteiger partial charge in [-0.05, 0) is 67.1 Å². The fraction of sp³-hybridized carbons (Fsp3) is 0.344. The number of carbonyl (C=O) groups excluding carboxylic acids is 1. The predicted octanol–water partition coefficient (Wildman–Crippen LogP) is 3.94. The number of sulfonamides is 1. The minimum absolute atomic E-state index is 0.0232. The molecule has 1 aliphatic heterocycles. The highest BCUT2D eigenvalue weighted by atomic mass is 32.2. The second-order valence-electron chi connectivity index (χ2n) is 11.5. The highest BCUT2D eigenvalue weighted by molar-refractivity contribution is 7.89. The Labute approximate surface area is 263 Å². The molecule has 0 spiro atoms. The zero-order chi connectivity index (χ0) is 32.6. The maximum absolute atomic E-state index is 14.2. The zero-order valence-electron chi connectivity index (χ0n) is 24.6. The second-order valence-corrected chi connectivity index (χ2v) is 13.4. The molecule has 0 radical (unpaired) electrons. The maximum atomic E-state index is 14.2. The first-order valence-corrected chi connectivity index (χ1v) is 16.3. The van der Waals surface area contributed by atoms with Crippen molar-refractivity contribution in [3.05, 3.63) is 93.7 Å². The third-order valence-electron chi connectivity index (χ3n) is 8.78. The summed E-state index contributed by atoms with van der Waals surface area (Å²) in [5.41, 5.74) is 0.732.